The van der Waals surface area contributed by atoms with Crippen molar-refractivity contribution in [2.24, 2.45) is 5.92 Å². The molecule has 1 aromatic heterocycles. The number of aromatic nitrogens is 2. The van der Waals surface area contributed by atoms with E-state index in [9.17, 15) is 14.7 Å². The van der Waals surface area contributed by atoms with Crippen LogP contribution in [-0.4, -0.2) is 33.7 Å². The van der Waals surface area contributed by atoms with Gasteiger partial charge in [-0.3, -0.25) is 9.59 Å². The molecule has 2 N–H and O–H groups in total. The van der Waals surface area contributed by atoms with Crippen molar-refractivity contribution in [1.82, 2.24) is 15.5 Å². The molecule has 1 atom stereocenters. The highest BCUT2D eigenvalue weighted by Crippen LogP contribution is 2.17. The molecule has 0 aliphatic heterocycles. The maximum atomic E-state index is 12.1. The summed E-state index contributed by atoms with van der Waals surface area (Å²) in [5.41, 5.74) is 2.83. The van der Waals surface area contributed by atoms with Crippen LogP contribution in [0.2, 0.25) is 0 Å². The average Bonchev–Trinajstić information content (AvgIpc) is 3.19. The van der Waals surface area contributed by atoms with Crippen LogP contribution in [0.3, 0.4) is 0 Å². The van der Waals surface area contributed by atoms with Crippen molar-refractivity contribution >= 4 is 11.9 Å². The van der Waals surface area contributed by atoms with Crippen LogP contribution in [0.15, 0.2) is 59.0 Å². The molecule has 7 nitrogen and oxygen atoms in total. The van der Waals surface area contributed by atoms with E-state index in [0.717, 1.165) is 16.7 Å². The summed E-state index contributed by atoms with van der Waals surface area (Å²) in [7, 11) is 0. The molecular weight excluding hydrogens is 370 g/mol. The maximum absolute atomic E-state index is 12.1. The van der Waals surface area contributed by atoms with Crippen LogP contribution < -0.4 is 5.32 Å². The molecule has 7 heteroatoms. The molecule has 0 saturated carbocycles. The van der Waals surface area contributed by atoms with Crippen molar-refractivity contribution in [3.63, 3.8) is 0 Å². The van der Waals surface area contributed by atoms with Crippen molar-refractivity contribution in [3.05, 3.63) is 71.6 Å². The highest BCUT2D eigenvalue weighted by atomic mass is 16.4. The number of hydrogen-bond donors (Lipinski definition) is 2. The van der Waals surface area contributed by atoms with Gasteiger partial charge in [-0.05, 0) is 31.0 Å². The number of aryl methyl sites for hydroxylation is 2. The van der Waals surface area contributed by atoms with E-state index in [1.165, 1.54) is 0 Å². The number of carboxylic acid groups (broad SMARTS) is 1. The fourth-order valence-corrected chi connectivity index (χ4v) is 2.97. The molecule has 29 heavy (non-hydrogen) atoms. The predicted molar refractivity (Wildman–Crippen MR) is 107 cm³/mol. The second-order valence-corrected chi connectivity index (χ2v) is 6.90. The second kappa shape index (κ2) is 9.64. The van der Waals surface area contributed by atoms with Gasteiger partial charge in [0.05, 0.1) is 5.92 Å². The largest absolute Gasteiger partial charge is 0.481 e. The standard InChI is InChI=1S/C22H23N3O4/c1-15-6-5-7-16(12-15)13-18(22(27)28)14-23-19(26)10-11-20-24-25-21(29-20)17-8-3-2-4-9-17/h2-9,12,18H,10-11,13-14H2,1H3,(H,23,26)(H,27,28). The van der Waals surface area contributed by atoms with E-state index in [4.69, 9.17) is 4.42 Å². The van der Waals surface area contributed by atoms with Gasteiger partial charge in [-0.15, -0.1) is 10.2 Å². The zero-order valence-corrected chi connectivity index (χ0v) is 16.2. The van der Waals surface area contributed by atoms with E-state index in [1.54, 1.807) is 0 Å². The molecule has 1 heterocycles. The van der Waals surface area contributed by atoms with Crippen molar-refractivity contribution in [2.45, 2.75) is 26.2 Å². The zero-order valence-electron chi connectivity index (χ0n) is 16.2. The van der Waals surface area contributed by atoms with Crippen molar-refractivity contribution in [3.8, 4) is 11.5 Å². The number of nitrogens with one attached hydrogen (secondary N) is 1. The molecule has 0 aliphatic carbocycles. The predicted octanol–water partition coefficient (Wildman–Crippen LogP) is 3.04. The third kappa shape index (κ3) is 6.00. The lowest BCUT2D eigenvalue weighted by molar-refractivity contribution is -0.141. The molecule has 3 rings (SSSR count). The topological polar surface area (TPSA) is 105 Å². The third-order valence-corrected chi connectivity index (χ3v) is 4.51. The van der Waals surface area contributed by atoms with Crippen LogP contribution in [0, 0.1) is 12.8 Å². The number of benzene rings is 2. The van der Waals surface area contributed by atoms with Gasteiger partial charge in [-0.25, -0.2) is 0 Å². The van der Waals surface area contributed by atoms with Gasteiger partial charge in [0, 0.05) is 24.9 Å². The van der Waals surface area contributed by atoms with E-state index in [0.29, 0.717) is 24.6 Å². The van der Waals surface area contributed by atoms with Gasteiger partial charge in [0.1, 0.15) is 0 Å². The van der Waals surface area contributed by atoms with Gasteiger partial charge < -0.3 is 14.8 Å². The number of carboxylic acids is 1. The first-order chi connectivity index (χ1) is 14.0. The molecule has 0 aliphatic rings. The second-order valence-electron chi connectivity index (χ2n) is 6.90. The number of aliphatic carboxylic acids is 1. The van der Waals surface area contributed by atoms with Gasteiger partial charge in [0.25, 0.3) is 0 Å². The molecule has 1 unspecified atom stereocenters. The zero-order chi connectivity index (χ0) is 20.6. The van der Waals surface area contributed by atoms with Gasteiger partial charge >= 0.3 is 5.97 Å². The molecule has 0 bridgehead atoms. The minimum atomic E-state index is -0.934. The summed E-state index contributed by atoms with van der Waals surface area (Å²) in [6.45, 7) is 2.03. The Bertz CT molecular complexity index is 969. The van der Waals surface area contributed by atoms with E-state index >= 15 is 0 Å². The quantitative estimate of drug-likeness (QED) is 0.579. The number of nitrogens with zero attached hydrogens (tertiary/aromatic N) is 2. The first kappa shape index (κ1) is 20.3. The number of amides is 1. The highest BCUT2D eigenvalue weighted by molar-refractivity contribution is 5.77. The van der Waals surface area contributed by atoms with Crippen LogP contribution in [0.5, 0.6) is 0 Å². The molecular formula is C22H23N3O4. The Hall–Kier alpha value is -3.48. The molecule has 0 saturated heterocycles. The van der Waals surface area contributed by atoms with Gasteiger partial charge in [0.2, 0.25) is 17.7 Å². The molecule has 0 fully saturated rings. The summed E-state index contributed by atoms with van der Waals surface area (Å²) < 4.78 is 5.58. The average molecular weight is 393 g/mol. The van der Waals surface area contributed by atoms with Crippen molar-refractivity contribution in [2.75, 3.05) is 6.54 Å². The molecule has 0 radical (unpaired) electrons. The van der Waals surface area contributed by atoms with Crippen molar-refractivity contribution in [1.29, 1.82) is 0 Å². The fourth-order valence-electron chi connectivity index (χ4n) is 2.97. The minimum Gasteiger partial charge on any atom is -0.481 e. The minimum absolute atomic E-state index is 0.0706. The number of hydrogen-bond acceptors (Lipinski definition) is 5. The third-order valence-electron chi connectivity index (χ3n) is 4.51. The van der Waals surface area contributed by atoms with Gasteiger partial charge in [-0.1, -0.05) is 48.0 Å². The van der Waals surface area contributed by atoms with Crippen molar-refractivity contribution < 1.29 is 19.1 Å². The Morgan fingerprint density at radius 3 is 2.62 bits per heavy atom. The van der Waals surface area contributed by atoms with Crippen LogP contribution in [0.4, 0.5) is 0 Å². The lowest BCUT2D eigenvalue weighted by atomic mass is 9.98. The van der Waals surface area contributed by atoms with Gasteiger partial charge in [-0.2, -0.15) is 0 Å². The smallest absolute Gasteiger partial charge is 0.308 e. The first-order valence-electron chi connectivity index (χ1n) is 9.44. The Balaban J connectivity index is 1.48. The molecule has 1 amide bonds. The van der Waals surface area contributed by atoms with Crippen LogP contribution >= 0.6 is 0 Å². The normalized spacial score (nSPS) is 11.8. The summed E-state index contributed by atoms with van der Waals surface area (Å²) in [5.74, 6) is -1.09. The Morgan fingerprint density at radius 1 is 1.10 bits per heavy atom. The van der Waals surface area contributed by atoms with E-state index in [2.05, 4.69) is 15.5 Å². The monoisotopic (exact) mass is 393 g/mol. The summed E-state index contributed by atoms with van der Waals surface area (Å²) >= 11 is 0. The van der Waals surface area contributed by atoms with Crippen LogP contribution in [-0.2, 0) is 22.4 Å². The first-order valence-corrected chi connectivity index (χ1v) is 9.44. The Labute approximate surface area is 168 Å². The Kier molecular flexibility index (Phi) is 6.73. The van der Waals surface area contributed by atoms with Crippen LogP contribution in [0.1, 0.15) is 23.4 Å². The SMILES string of the molecule is Cc1cccc(CC(CNC(=O)CCc2nnc(-c3ccccc3)o2)C(=O)O)c1. The number of carbonyl (C=O) groups is 2. The number of rotatable bonds is 9. The van der Waals surface area contributed by atoms with Crippen LogP contribution in [0.25, 0.3) is 11.5 Å². The fraction of sp³-hybridized carbons (Fsp3) is 0.273. The molecule has 150 valence electrons. The maximum Gasteiger partial charge on any atom is 0.308 e. The molecule has 3 aromatic rings. The summed E-state index contributed by atoms with van der Waals surface area (Å²) in [4.78, 5) is 23.7. The molecule has 2 aromatic carbocycles. The van der Waals surface area contributed by atoms with E-state index in [-0.39, 0.29) is 18.9 Å². The highest BCUT2D eigenvalue weighted by Gasteiger charge is 2.19. The van der Waals surface area contributed by atoms with Gasteiger partial charge in [0.15, 0.2) is 0 Å². The lowest BCUT2D eigenvalue weighted by Gasteiger charge is -2.14. The van der Waals surface area contributed by atoms with E-state index in [1.807, 2.05) is 61.5 Å². The lowest BCUT2D eigenvalue weighted by Crippen LogP contribution is -2.34. The van der Waals surface area contributed by atoms with E-state index < -0.39 is 11.9 Å². The summed E-state index contributed by atoms with van der Waals surface area (Å²) in [5, 5.41) is 20.1. The Morgan fingerprint density at radius 2 is 1.90 bits per heavy atom. The molecule has 0 spiro atoms. The summed E-state index contributed by atoms with van der Waals surface area (Å²) in [6, 6.07) is 17.1. The summed E-state index contributed by atoms with van der Waals surface area (Å²) in [6.07, 6.45) is 0.801. The number of carbonyl (C=O) groups excluding carboxylic acids is 1.